The molecule has 27 heavy (non-hydrogen) atoms. The molecule has 1 atom stereocenters. The summed E-state index contributed by atoms with van der Waals surface area (Å²) < 4.78 is 7.63. The molecule has 0 bridgehead atoms. The van der Waals surface area contributed by atoms with E-state index >= 15 is 0 Å². The zero-order valence-corrected chi connectivity index (χ0v) is 14.5. The number of ketones is 1. The molecule has 3 aromatic rings. The largest absolute Gasteiger partial charge is 0.457 e. The molecule has 1 aliphatic heterocycles. The SMILES string of the molecule is O=C1CCCC2=C1[C@@H](c1cccc(Oc3ccccc3)c1)n1nnnc1N2. The van der Waals surface area contributed by atoms with E-state index in [1.807, 2.05) is 54.6 Å². The summed E-state index contributed by atoms with van der Waals surface area (Å²) in [6, 6.07) is 17.0. The van der Waals surface area contributed by atoms with Crippen LogP contribution in [0.5, 0.6) is 11.5 Å². The van der Waals surface area contributed by atoms with Crippen molar-refractivity contribution in [3.05, 3.63) is 71.4 Å². The van der Waals surface area contributed by atoms with Crippen molar-refractivity contribution in [3.63, 3.8) is 0 Å². The standard InChI is InChI=1S/C20H17N5O2/c26-17-11-5-10-16-18(17)19(25-20(21-16)22-23-24-25)13-6-4-9-15(12-13)27-14-7-2-1-3-8-14/h1-4,6-9,12,19H,5,10-11H2,(H,21,22,24)/t19-/m1/s1. The van der Waals surface area contributed by atoms with Crippen LogP contribution in [0.3, 0.4) is 0 Å². The number of ether oxygens (including phenoxy) is 1. The predicted molar refractivity (Wildman–Crippen MR) is 98.4 cm³/mol. The molecule has 1 N–H and O–H groups in total. The van der Waals surface area contributed by atoms with Gasteiger partial charge >= 0.3 is 0 Å². The van der Waals surface area contributed by atoms with Gasteiger partial charge in [-0.2, -0.15) is 4.68 Å². The normalized spacial score (nSPS) is 18.5. The number of para-hydroxylation sites is 1. The number of carbonyl (C=O) groups excluding carboxylic acids is 1. The van der Waals surface area contributed by atoms with Gasteiger partial charge in [0.25, 0.3) is 0 Å². The second-order valence-electron chi connectivity index (χ2n) is 6.63. The first-order valence-corrected chi connectivity index (χ1v) is 8.93. The van der Waals surface area contributed by atoms with E-state index in [0.717, 1.165) is 35.4 Å². The molecule has 2 aliphatic rings. The third-order valence-electron chi connectivity index (χ3n) is 4.88. The summed E-state index contributed by atoms with van der Waals surface area (Å²) in [5.74, 6) is 2.17. The predicted octanol–water partition coefficient (Wildman–Crippen LogP) is 3.49. The first-order chi connectivity index (χ1) is 13.3. The monoisotopic (exact) mass is 359 g/mol. The molecule has 7 nitrogen and oxygen atoms in total. The van der Waals surface area contributed by atoms with E-state index in [-0.39, 0.29) is 11.8 Å². The third kappa shape index (κ3) is 2.77. The lowest BCUT2D eigenvalue weighted by Crippen LogP contribution is -2.31. The Morgan fingerprint density at radius 3 is 2.78 bits per heavy atom. The Morgan fingerprint density at radius 2 is 1.89 bits per heavy atom. The highest BCUT2D eigenvalue weighted by Crippen LogP contribution is 2.40. The number of anilines is 1. The number of tetrazole rings is 1. The van der Waals surface area contributed by atoms with Crippen LogP contribution in [0, 0.1) is 0 Å². The number of nitrogens with one attached hydrogen (secondary N) is 1. The van der Waals surface area contributed by atoms with Crippen LogP contribution in [0.4, 0.5) is 5.95 Å². The van der Waals surface area contributed by atoms with E-state index in [0.29, 0.717) is 18.1 Å². The quantitative estimate of drug-likeness (QED) is 0.771. The van der Waals surface area contributed by atoms with Crippen molar-refractivity contribution in [1.82, 2.24) is 20.2 Å². The van der Waals surface area contributed by atoms with Crippen molar-refractivity contribution in [3.8, 4) is 11.5 Å². The van der Waals surface area contributed by atoms with E-state index in [9.17, 15) is 4.79 Å². The van der Waals surface area contributed by atoms with Crippen molar-refractivity contribution < 1.29 is 9.53 Å². The number of hydrogen-bond donors (Lipinski definition) is 1. The van der Waals surface area contributed by atoms with E-state index in [1.54, 1.807) is 4.68 Å². The minimum atomic E-state index is -0.349. The van der Waals surface area contributed by atoms with E-state index in [2.05, 4.69) is 20.8 Å². The maximum atomic E-state index is 12.7. The van der Waals surface area contributed by atoms with Gasteiger partial charge in [-0.1, -0.05) is 35.4 Å². The van der Waals surface area contributed by atoms with Gasteiger partial charge in [-0.15, -0.1) is 0 Å². The van der Waals surface area contributed by atoms with Crippen LogP contribution in [0.15, 0.2) is 65.9 Å². The van der Waals surface area contributed by atoms with Gasteiger partial charge in [-0.05, 0) is 53.1 Å². The Balaban J connectivity index is 1.58. The molecule has 1 aliphatic carbocycles. The van der Waals surface area contributed by atoms with Crippen molar-refractivity contribution in [2.24, 2.45) is 0 Å². The van der Waals surface area contributed by atoms with Crippen molar-refractivity contribution in [2.45, 2.75) is 25.3 Å². The second kappa shape index (κ2) is 6.35. The summed E-state index contributed by atoms with van der Waals surface area (Å²) in [5.41, 5.74) is 2.59. The van der Waals surface area contributed by atoms with Crippen LogP contribution < -0.4 is 10.1 Å². The first kappa shape index (κ1) is 15.7. The van der Waals surface area contributed by atoms with Crippen LogP contribution in [0.1, 0.15) is 30.9 Å². The zero-order chi connectivity index (χ0) is 18.2. The number of fused-ring (bicyclic) bond motifs is 1. The van der Waals surface area contributed by atoms with Gasteiger partial charge < -0.3 is 10.1 Å². The Morgan fingerprint density at radius 1 is 1.04 bits per heavy atom. The summed E-state index contributed by atoms with van der Waals surface area (Å²) in [6.07, 6.45) is 2.22. The summed E-state index contributed by atoms with van der Waals surface area (Å²) in [7, 11) is 0. The van der Waals surface area contributed by atoms with Crippen LogP contribution >= 0.6 is 0 Å². The Labute approximate surface area is 155 Å². The van der Waals surface area contributed by atoms with Gasteiger partial charge in [-0.3, -0.25) is 4.79 Å². The highest BCUT2D eigenvalue weighted by atomic mass is 16.5. The highest BCUT2D eigenvalue weighted by Gasteiger charge is 2.36. The smallest absolute Gasteiger partial charge is 0.248 e. The summed E-state index contributed by atoms with van der Waals surface area (Å²) >= 11 is 0. The maximum Gasteiger partial charge on any atom is 0.248 e. The van der Waals surface area contributed by atoms with Crippen LogP contribution in [-0.4, -0.2) is 26.0 Å². The third-order valence-corrected chi connectivity index (χ3v) is 4.88. The molecule has 7 heteroatoms. The second-order valence-corrected chi connectivity index (χ2v) is 6.63. The van der Waals surface area contributed by atoms with Gasteiger partial charge in [0.05, 0.1) is 0 Å². The molecule has 0 fully saturated rings. The zero-order valence-electron chi connectivity index (χ0n) is 14.5. The minimum absolute atomic E-state index is 0.143. The van der Waals surface area contributed by atoms with Gasteiger partial charge in [-0.25, -0.2) is 0 Å². The van der Waals surface area contributed by atoms with Crippen LogP contribution in [0.25, 0.3) is 0 Å². The Kier molecular flexibility index (Phi) is 3.71. The number of Topliss-reactive ketones (excluding diaryl/α,β-unsaturated/α-hetero) is 1. The molecular formula is C20H17N5O2. The van der Waals surface area contributed by atoms with E-state index in [4.69, 9.17) is 4.74 Å². The van der Waals surface area contributed by atoms with Gasteiger partial charge in [0.2, 0.25) is 5.95 Å². The molecule has 134 valence electrons. The topological polar surface area (TPSA) is 81.9 Å². The van der Waals surface area contributed by atoms with E-state index < -0.39 is 0 Å². The molecule has 0 amide bonds. The number of rotatable bonds is 3. The fraction of sp³-hybridized carbons (Fsp3) is 0.200. The molecule has 0 unspecified atom stereocenters. The van der Waals surface area contributed by atoms with Crippen LogP contribution in [0.2, 0.25) is 0 Å². The molecular weight excluding hydrogens is 342 g/mol. The number of hydrogen-bond acceptors (Lipinski definition) is 6. The molecule has 0 radical (unpaired) electrons. The number of aromatic nitrogens is 4. The molecule has 5 rings (SSSR count). The molecule has 2 aromatic carbocycles. The Bertz CT molecular complexity index is 1040. The van der Waals surface area contributed by atoms with E-state index in [1.165, 1.54) is 0 Å². The lowest BCUT2D eigenvalue weighted by molar-refractivity contribution is -0.116. The molecule has 0 spiro atoms. The Hall–Kier alpha value is -3.48. The highest BCUT2D eigenvalue weighted by molar-refractivity contribution is 5.99. The van der Waals surface area contributed by atoms with Crippen LogP contribution in [-0.2, 0) is 4.79 Å². The number of benzene rings is 2. The molecule has 2 heterocycles. The van der Waals surface area contributed by atoms with Gasteiger partial charge in [0.1, 0.15) is 17.5 Å². The number of allylic oxidation sites excluding steroid dienone is 2. The molecule has 0 saturated heterocycles. The van der Waals surface area contributed by atoms with Crippen molar-refractivity contribution in [1.29, 1.82) is 0 Å². The summed E-state index contributed by atoms with van der Waals surface area (Å²) in [5, 5.41) is 15.2. The molecule has 0 saturated carbocycles. The first-order valence-electron chi connectivity index (χ1n) is 8.93. The summed E-state index contributed by atoms with van der Waals surface area (Å²) in [4.78, 5) is 12.7. The average molecular weight is 359 g/mol. The fourth-order valence-electron chi connectivity index (χ4n) is 3.70. The van der Waals surface area contributed by atoms with Crippen molar-refractivity contribution >= 4 is 11.7 Å². The lowest BCUT2D eigenvalue weighted by Gasteiger charge is -2.31. The molecule has 1 aromatic heterocycles. The number of nitrogens with zero attached hydrogens (tertiary/aromatic N) is 4. The lowest BCUT2D eigenvalue weighted by atomic mass is 9.85. The summed E-state index contributed by atoms with van der Waals surface area (Å²) in [6.45, 7) is 0. The fourth-order valence-corrected chi connectivity index (χ4v) is 3.70. The van der Waals surface area contributed by atoms with Gasteiger partial charge in [0, 0.05) is 17.7 Å². The van der Waals surface area contributed by atoms with Crippen molar-refractivity contribution in [2.75, 3.05) is 5.32 Å². The minimum Gasteiger partial charge on any atom is -0.457 e. The van der Waals surface area contributed by atoms with Gasteiger partial charge in [0.15, 0.2) is 5.78 Å². The average Bonchev–Trinajstić information content (AvgIpc) is 3.16. The maximum absolute atomic E-state index is 12.7. The number of carbonyl (C=O) groups is 1.